The topological polar surface area (TPSA) is 38.7 Å². The van der Waals surface area contributed by atoms with Gasteiger partial charge in [-0.1, -0.05) is 31.3 Å². The molecule has 1 rings (SSSR count). The van der Waals surface area contributed by atoms with E-state index in [0.717, 1.165) is 18.6 Å². The van der Waals surface area contributed by atoms with Gasteiger partial charge in [0.2, 0.25) is 0 Å². The van der Waals surface area contributed by atoms with Gasteiger partial charge in [0.1, 0.15) is 0 Å². The molecule has 0 saturated heterocycles. The van der Waals surface area contributed by atoms with Crippen molar-refractivity contribution < 1.29 is 9.63 Å². The smallest absolute Gasteiger partial charge is 0.318 e. The van der Waals surface area contributed by atoms with E-state index in [4.69, 9.17) is 0 Å². The standard InChI is InChI=1S/C9H15NO2/c1-2-3-4-5-6-8-7-9(11)12-10-8/h2-7H2,1H3. The van der Waals surface area contributed by atoms with Crippen LogP contribution in [0.25, 0.3) is 0 Å². The summed E-state index contributed by atoms with van der Waals surface area (Å²) in [5, 5.41) is 3.68. The molecular weight excluding hydrogens is 154 g/mol. The summed E-state index contributed by atoms with van der Waals surface area (Å²) in [6, 6.07) is 0. The van der Waals surface area contributed by atoms with Crippen molar-refractivity contribution in [2.75, 3.05) is 0 Å². The quantitative estimate of drug-likeness (QED) is 0.467. The second kappa shape index (κ2) is 4.91. The number of carbonyl (C=O) groups is 1. The molecule has 0 aromatic rings. The van der Waals surface area contributed by atoms with E-state index in [1.54, 1.807) is 0 Å². The van der Waals surface area contributed by atoms with Crippen molar-refractivity contribution in [3.05, 3.63) is 0 Å². The zero-order valence-electron chi connectivity index (χ0n) is 7.51. The first-order valence-corrected chi connectivity index (χ1v) is 4.58. The van der Waals surface area contributed by atoms with Gasteiger partial charge in [-0.3, -0.25) is 0 Å². The molecule has 0 saturated carbocycles. The first kappa shape index (κ1) is 9.23. The normalized spacial score (nSPS) is 16.1. The molecule has 68 valence electrons. The lowest BCUT2D eigenvalue weighted by Gasteiger charge is -1.96. The van der Waals surface area contributed by atoms with Crippen molar-refractivity contribution in [1.29, 1.82) is 0 Å². The third-order valence-electron chi connectivity index (χ3n) is 1.94. The van der Waals surface area contributed by atoms with Crippen LogP contribution >= 0.6 is 0 Å². The minimum atomic E-state index is -0.208. The Morgan fingerprint density at radius 3 is 2.83 bits per heavy atom. The van der Waals surface area contributed by atoms with Crippen LogP contribution in [-0.4, -0.2) is 11.7 Å². The fourth-order valence-corrected chi connectivity index (χ4v) is 1.24. The van der Waals surface area contributed by atoms with Crippen molar-refractivity contribution in [3.8, 4) is 0 Å². The SMILES string of the molecule is CCCCCCC1=NOC(=O)C1. The zero-order chi connectivity index (χ0) is 8.81. The van der Waals surface area contributed by atoms with Crippen LogP contribution in [0.1, 0.15) is 45.4 Å². The number of carbonyl (C=O) groups excluding carboxylic acids is 1. The van der Waals surface area contributed by atoms with Gasteiger partial charge in [-0.25, -0.2) is 4.79 Å². The lowest BCUT2D eigenvalue weighted by atomic mass is 10.1. The minimum absolute atomic E-state index is 0.208. The predicted octanol–water partition coefficient (Wildman–Crippen LogP) is 2.26. The van der Waals surface area contributed by atoms with Crippen molar-refractivity contribution in [2.45, 2.75) is 45.4 Å². The molecule has 0 fully saturated rings. The van der Waals surface area contributed by atoms with Crippen molar-refractivity contribution in [3.63, 3.8) is 0 Å². The van der Waals surface area contributed by atoms with Crippen LogP contribution in [0.5, 0.6) is 0 Å². The highest BCUT2D eigenvalue weighted by Crippen LogP contribution is 2.10. The highest BCUT2D eigenvalue weighted by atomic mass is 16.7. The van der Waals surface area contributed by atoms with E-state index in [9.17, 15) is 4.79 Å². The molecular formula is C9H15NO2. The van der Waals surface area contributed by atoms with Crippen LogP contribution in [0.15, 0.2) is 5.16 Å². The maximum Gasteiger partial charge on any atom is 0.340 e. The van der Waals surface area contributed by atoms with Crippen molar-refractivity contribution >= 4 is 11.7 Å². The largest absolute Gasteiger partial charge is 0.340 e. The fourth-order valence-electron chi connectivity index (χ4n) is 1.24. The molecule has 1 aliphatic rings. The highest BCUT2D eigenvalue weighted by molar-refractivity contribution is 6.01. The molecule has 0 spiro atoms. The number of oxime groups is 1. The van der Waals surface area contributed by atoms with Crippen LogP contribution in [0, 0.1) is 0 Å². The number of hydrogen-bond donors (Lipinski definition) is 0. The second-order valence-corrected chi connectivity index (χ2v) is 3.11. The van der Waals surface area contributed by atoms with Crippen LogP contribution in [-0.2, 0) is 9.63 Å². The van der Waals surface area contributed by atoms with Crippen LogP contribution in [0.3, 0.4) is 0 Å². The summed E-state index contributed by atoms with van der Waals surface area (Å²) in [7, 11) is 0. The molecule has 0 atom stereocenters. The van der Waals surface area contributed by atoms with Crippen molar-refractivity contribution in [2.24, 2.45) is 5.16 Å². The summed E-state index contributed by atoms with van der Waals surface area (Å²) in [6.07, 6.45) is 6.19. The molecule has 0 N–H and O–H groups in total. The molecule has 0 aliphatic carbocycles. The number of rotatable bonds is 5. The Morgan fingerprint density at radius 1 is 1.42 bits per heavy atom. The zero-order valence-corrected chi connectivity index (χ0v) is 7.51. The third-order valence-corrected chi connectivity index (χ3v) is 1.94. The summed E-state index contributed by atoms with van der Waals surface area (Å²) < 4.78 is 0. The Morgan fingerprint density at radius 2 is 2.25 bits per heavy atom. The maximum absolute atomic E-state index is 10.6. The van der Waals surface area contributed by atoms with Crippen LogP contribution < -0.4 is 0 Å². The molecule has 1 aliphatic heterocycles. The molecule has 0 unspecified atom stereocenters. The first-order chi connectivity index (χ1) is 5.83. The summed E-state index contributed by atoms with van der Waals surface area (Å²) in [5.74, 6) is -0.208. The molecule has 3 nitrogen and oxygen atoms in total. The van der Waals surface area contributed by atoms with Gasteiger partial charge in [-0.05, 0) is 12.8 Å². The van der Waals surface area contributed by atoms with E-state index in [2.05, 4.69) is 16.9 Å². The number of hydrogen-bond acceptors (Lipinski definition) is 3. The molecule has 3 heteroatoms. The summed E-state index contributed by atoms with van der Waals surface area (Å²) in [6.45, 7) is 2.18. The molecule has 0 aromatic heterocycles. The Hall–Kier alpha value is -0.860. The highest BCUT2D eigenvalue weighted by Gasteiger charge is 2.15. The van der Waals surface area contributed by atoms with Gasteiger partial charge in [-0.15, -0.1) is 0 Å². The number of nitrogens with zero attached hydrogens (tertiary/aromatic N) is 1. The average molecular weight is 169 g/mol. The van der Waals surface area contributed by atoms with Gasteiger partial charge < -0.3 is 4.84 Å². The van der Waals surface area contributed by atoms with Gasteiger partial charge in [0, 0.05) is 0 Å². The predicted molar refractivity (Wildman–Crippen MR) is 46.9 cm³/mol. The van der Waals surface area contributed by atoms with E-state index < -0.39 is 0 Å². The summed E-state index contributed by atoms with van der Waals surface area (Å²) in [5.41, 5.74) is 0.913. The Bertz CT molecular complexity index is 187. The van der Waals surface area contributed by atoms with E-state index in [-0.39, 0.29) is 5.97 Å². The van der Waals surface area contributed by atoms with E-state index >= 15 is 0 Å². The van der Waals surface area contributed by atoms with Crippen LogP contribution in [0.4, 0.5) is 0 Å². The van der Waals surface area contributed by atoms with E-state index in [0.29, 0.717) is 6.42 Å². The maximum atomic E-state index is 10.6. The molecule has 0 amide bonds. The van der Waals surface area contributed by atoms with Gasteiger partial charge in [0.15, 0.2) is 0 Å². The average Bonchev–Trinajstić information content (AvgIpc) is 2.45. The van der Waals surface area contributed by atoms with Gasteiger partial charge in [-0.2, -0.15) is 0 Å². The molecule has 12 heavy (non-hydrogen) atoms. The van der Waals surface area contributed by atoms with Gasteiger partial charge in [0.25, 0.3) is 0 Å². The van der Waals surface area contributed by atoms with E-state index in [1.807, 2.05) is 0 Å². The van der Waals surface area contributed by atoms with Gasteiger partial charge >= 0.3 is 5.97 Å². The molecule has 1 heterocycles. The second-order valence-electron chi connectivity index (χ2n) is 3.11. The molecule has 0 bridgehead atoms. The third kappa shape index (κ3) is 3.03. The Balaban J connectivity index is 2.04. The number of unbranched alkanes of at least 4 members (excludes halogenated alkanes) is 3. The Kier molecular flexibility index (Phi) is 3.77. The monoisotopic (exact) mass is 169 g/mol. The fraction of sp³-hybridized carbons (Fsp3) is 0.778. The van der Waals surface area contributed by atoms with Gasteiger partial charge in [0.05, 0.1) is 12.1 Å². The summed E-state index contributed by atoms with van der Waals surface area (Å²) in [4.78, 5) is 15.1. The Labute approximate surface area is 72.8 Å². The van der Waals surface area contributed by atoms with Crippen molar-refractivity contribution in [1.82, 2.24) is 0 Å². The molecule has 0 radical (unpaired) electrons. The lowest BCUT2D eigenvalue weighted by Crippen LogP contribution is -1.98. The molecule has 0 aromatic carbocycles. The van der Waals surface area contributed by atoms with Crippen LogP contribution in [0.2, 0.25) is 0 Å². The lowest BCUT2D eigenvalue weighted by molar-refractivity contribution is -0.140. The van der Waals surface area contributed by atoms with E-state index in [1.165, 1.54) is 19.3 Å². The first-order valence-electron chi connectivity index (χ1n) is 4.58. The summed E-state index contributed by atoms with van der Waals surface area (Å²) >= 11 is 0. The minimum Gasteiger partial charge on any atom is -0.318 e.